The molecule has 19 heavy (non-hydrogen) atoms. The number of nitrogens with one attached hydrogen (secondary N) is 2. The van der Waals surface area contributed by atoms with Gasteiger partial charge in [-0.25, -0.2) is 8.42 Å². The quantitative estimate of drug-likeness (QED) is 0.888. The lowest BCUT2D eigenvalue weighted by Crippen LogP contribution is -2.15. The molecule has 0 aliphatic carbocycles. The minimum absolute atomic E-state index is 0.0954. The number of aryl methyl sites for hydroxylation is 1. The predicted octanol–water partition coefficient (Wildman–Crippen LogP) is 1.63. The van der Waals surface area contributed by atoms with E-state index in [2.05, 4.69) is 20.0 Å². The highest BCUT2D eigenvalue weighted by Gasteiger charge is 2.18. The summed E-state index contributed by atoms with van der Waals surface area (Å²) < 4.78 is 27.0. The molecule has 0 bridgehead atoms. The second kappa shape index (κ2) is 5.23. The van der Waals surface area contributed by atoms with Gasteiger partial charge in [0.15, 0.2) is 0 Å². The minimum Gasteiger partial charge on any atom is -0.387 e. The lowest BCUT2D eigenvalue weighted by molar-refractivity contribution is 0.601. The summed E-state index contributed by atoms with van der Waals surface area (Å²) in [5, 5.41) is 2.82. The van der Waals surface area contributed by atoms with E-state index >= 15 is 0 Å². The van der Waals surface area contributed by atoms with Crippen molar-refractivity contribution in [2.24, 2.45) is 0 Å². The molecule has 0 saturated heterocycles. The number of nitrogens with zero attached hydrogens (tertiary/aromatic N) is 2. The highest BCUT2D eigenvalue weighted by atomic mass is 32.2. The van der Waals surface area contributed by atoms with Crippen LogP contribution in [0.4, 0.5) is 11.4 Å². The van der Waals surface area contributed by atoms with E-state index in [-0.39, 0.29) is 4.90 Å². The molecule has 0 aliphatic rings. The molecule has 0 atom stereocenters. The molecule has 2 heterocycles. The SMILES string of the molecule is CNc1ccncc1S(=O)(=O)Nc1ccc(C)nc1. The monoisotopic (exact) mass is 278 g/mol. The number of pyridine rings is 2. The van der Waals surface area contributed by atoms with Crippen LogP contribution in [0.2, 0.25) is 0 Å². The summed E-state index contributed by atoms with van der Waals surface area (Å²) in [6.45, 7) is 1.83. The number of rotatable bonds is 4. The Morgan fingerprint density at radius 2 is 1.95 bits per heavy atom. The molecule has 0 spiro atoms. The van der Waals surface area contributed by atoms with Crippen LogP contribution >= 0.6 is 0 Å². The van der Waals surface area contributed by atoms with Crippen molar-refractivity contribution in [2.75, 3.05) is 17.1 Å². The van der Waals surface area contributed by atoms with Crippen LogP contribution in [0.3, 0.4) is 0 Å². The first-order valence-corrected chi connectivity index (χ1v) is 7.08. The lowest BCUT2D eigenvalue weighted by atomic mass is 10.4. The van der Waals surface area contributed by atoms with E-state index in [1.54, 1.807) is 25.2 Å². The molecule has 2 aromatic rings. The summed E-state index contributed by atoms with van der Waals surface area (Å²) in [4.78, 5) is 7.98. The molecule has 0 fully saturated rings. The molecule has 0 aromatic carbocycles. The molecule has 2 aromatic heterocycles. The average molecular weight is 278 g/mol. The van der Waals surface area contributed by atoms with Crippen LogP contribution in [-0.2, 0) is 10.0 Å². The van der Waals surface area contributed by atoms with Gasteiger partial charge in [0.2, 0.25) is 0 Å². The van der Waals surface area contributed by atoms with Crippen molar-refractivity contribution in [1.29, 1.82) is 0 Å². The number of aromatic nitrogens is 2. The number of hydrogen-bond donors (Lipinski definition) is 2. The van der Waals surface area contributed by atoms with E-state index in [4.69, 9.17) is 0 Å². The largest absolute Gasteiger partial charge is 0.387 e. The Labute approximate surface area is 112 Å². The summed E-state index contributed by atoms with van der Waals surface area (Å²) in [5.74, 6) is 0. The molecule has 0 aliphatic heterocycles. The molecule has 2 N–H and O–H groups in total. The first-order valence-electron chi connectivity index (χ1n) is 5.60. The molecular weight excluding hydrogens is 264 g/mol. The first kappa shape index (κ1) is 13.3. The van der Waals surface area contributed by atoms with Gasteiger partial charge in [-0.15, -0.1) is 0 Å². The summed E-state index contributed by atoms with van der Waals surface area (Å²) in [6, 6.07) is 5.00. The van der Waals surface area contributed by atoms with Gasteiger partial charge >= 0.3 is 0 Å². The Balaban J connectivity index is 2.35. The maximum absolute atomic E-state index is 12.2. The van der Waals surface area contributed by atoms with Crippen LogP contribution in [-0.4, -0.2) is 25.4 Å². The van der Waals surface area contributed by atoms with Gasteiger partial charge < -0.3 is 5.32 Å². The third-order valence-corrected chi connectivity index (χ3v) is 3.92. The number of anilines is 2. The topological polar surface area (TPSA) is 84.0 Å². The molecule has 6 nitrogen and oxygen atoms in total. The maximum atomic E-state index is 12.2. The van der Waals surface area contributed by atoms with Crippen LogP contribution in [0.5, 0.6) is 0 Å². The minimum atomic E-state index is -3.68. The van der Waals surface area contributed by atoms with Gasteiger partial charge in [0.05, 0.1) is 17.6 Å². The van der Waals surface area contributed by atoms with E-state index in [0.717, 1.165) is 5.69 Å². The van der Waals surface area contributed by atoms with Crippen LogP contribution in [0.25, 0.3) is 0 Å². The zero-order valence-corrected chi connectivity index (χ0v) is 11.4. The van der Waals surface area contributed by atoms with Gasteiger partial charge in [0, 0.05) is 25.1 Å². The van der Waals surface area contributed by atoms with E-state index < -0.39 is 10.0 Å². The third-order valence-electron chi connectivity index (χ3n) is 2.51. The zero-order valence-electron chi connectivity index (χ0n) is 10.6. The summed E-state index contributed by atoms with van der Waals surface area (Å²) in [6.07, 6.45) is 4.30. The van der Waals surface area contributed by atoms with Gasteiger partial charge in [-0.1, -0.05) is 0 Å². The van der Waals surface area contributed by atoms with Gasteiger partial charge in [-0.05, 0) is 25.1 Å². The molecule has 100 valence electrons. The van der Waals surface area contributed by atoms with Crippen molar-refractivity contribution < 1.29 is 8.42 Å². The van der Waals surface area contributed by atoms with E-state index in [1.165, 1.54) is 18.6 Å². The molecule has 0 saturated carbocycles. The fourth-order valence-electron chi connectivity index (χ4n) is 1.54. The Hall–Kier alpha value is -2.15. The van der Waals surface area contributed by atoms with Crippen molar-refractivity contribution in [3.05, 3.63) is 42.5 Å². The van der Waals surface area contributed by atoms with Crippen molar-refractivity contribution in [3.8, 4) is 0 Å². The molecule has 0 radical (unpaired) electrons. The highest BCUT2D eigenvalue weighted by Crippen LogP contribution is 2.21. The second-order valence-corrected chi connectivity index (χ2v) is 5.57. The third kappa shape index (κ3) is 3.00. The van der Waals surface area contributed by atoms with E-state index in [9.17, 15) is 8.42 Å². The molecular formula is C12H14N4O2S. The lowest BCUT2D eigenvalue weighted by Gasteiger charge is -2.11. The maximum Gasteiger partial charge on any atom is 0.265 e. The van der Waals surface area contributed by atoms with Gasteiger partial charge in [0.25, 0.3) is 10.0 Å². The Morgan fingerprint density at radius 1 is 1.16 bits per heavy atom. The Morgan fingerprint density at radius 3 is 2.58 bits per heavy atom. The van der Waals surface area contributed by atoms with Crippen molar-refractivity contribution in [1.82, 2.24) is 9.97 Å². The fourth-order valence-corrected chi connectivity index (χ4v) is 2.74. The van der Waals surface area contributed by atoms with E-state index in [0.29, 0.717) is 11.4 Å². The molecule has 7 heteroatoms. The van der Waals surface area contributed by atoms with Crippen molar-refractivity contribution in [3.63, 3.8) is 0 Å². The summed E-state index contributed by atoms with van der Waals surface area (Å²) in [7, 11) is -2.03. The molecule has 0 unspecified atom stereocenters. The summed E-state index contributed by atoms with van der Waals surface area (Å²) in [5.41, 5.74) is 1.72. The predicted molar refractivity (Wildman–Crippen MR) is 73.6 cm³/mol. The highest BCUT2D eigenvalue weighted by molar-refractivity contribution is 7.92. The molecule has 0 amide bonds. The van der Waals surface area contributed by atoms with Crippen molar-refractivity contribution >= 4 is 21.4 Å². The van der Waals surface area contributed by atoms with Gasteiger partial charge in [0.1, 0.15) is 4.90 Å². The van der Waals surface area contributed by atoms with Crippen LogP contribution in [0.15, 0.2) is 41.7 Å². The summed E-state index contributed by atoms with van der Waals surface area (Å²) >= 11 is 0. The van der Waals surface area contributed by atoms with Gasteiger partial charge in [-0.3, -0.25) is 14.7 Å². The van der Waals surface area contributed by atoms with E-state index in [1.807, 2.05) is 6.92 Å². The number of hydrogen-bond acceptors (Lipinski definition) is 5. The first-order chi connectivity index (χ1) is 9.03. The van der Waals surface area contributed by atoms with Crippen LogP contribution in [0, 0.1) is 6.92 Å². The Kier molecular flexibility index (Phi) is 3.66. The van der Waals surface area contributed by atoms with Crippen LogP contribution < -0.4 is 10.0 Å². The van der Waals surface area contributed by atoms with Crippen molar-refractivity contribution in [2.45, 2.75) is 11.8 Å². The standard InChI is InChI=1S/C12H14N4O2S/c1-9-3-4-10(7-15-9)16-19(17,18)12-8-14-6-5-11(12)13-2/h3-8,16H,1-2H3,(H,13,14). The molecule has 2 rings (SSSR count). The second-order valence-electron chi connectivity index (χ2n) is 3.92. The smallest absolute Gasteiger partial charge is 0.265 e. The average Bonchev–Trinajstić information content (AvgIpc) is 2.41. The fraction of sp³-hybridized carbons (Fsp3) is 0.167. The Bertz CT molecular complexity index is 668. The number of sulfonamides is 1. The zero-order chi connectivity index (χ0) is 13.9. The normalized spacial score (nSPS) is 11.1. The van der Waals surface area contributed by atoms with Gasteiger partial charge in [-0.2, -0.15) is 0 Å². The van der Waals surface area contributed by atoms with Crippen LogP contribution in [0.1, 0.15) is 5.69 Å².